The van der Waals surface area contributed by atoms with Crippen LogP contribution in [-0.4, -0.2) is 61.1 Å². The molecule has 5 aromatic rings. The number of piperazine rings is 1. The molecule has 1 aromatic carbocycles. The van der Waals surface area contributed by atoms with E-state index in [-0.39, 0.29) is 5.91 Å². The molecule has 0 atom stereocenters. The van der Waals surface area contributed by atoms with E-state index in [4.69, 9.17) is 10.1 Å². The number of carbonyl (C=O) groups is 1. The molecular formula is C27H26N6OS. The van der Waals surface area contributed by atoms with Crippen LogP contribution in [0.3, 0.4) is 0 Å². The molecule has 5 heterocycles. The van der Waals surface area contributed by atoms with Crippen LogP contribution in [0.4, 0.5) is 0 Å². The molecule has 0 saturated carbocycles. The van der Waals surface area contributed by atoms with Gasteiger partial charge in [0.2, 0.25) is 0 Å². The molecule has 35 heavy (non-hydrogen) atoms. The van der Waals surface area contributed by atoms with E-state index < -0.39 is 0 Å². The van der Waals surface area contributed by atoms with Crippen molar-refractivity contribution in [1.29, 1.82) is 0 Å². The molecular weight excluding hydrogens is 456 g/mol. The Morgan fingerprint density at radius 2 is 1.71 bits per heavy atom. The summed E-state index contributed by atoms with van der Waals surface area (Å²) in [7, 11) is 0. The number of amides is 1. The molecule has 1 amide bonds. The molecule has 1 aliphatic rings. The quantitative estimate of drug-likeness (QED) is 0.363. The zero-order chi connectivity index (χ0) is 23.6. The lowest BCUT2D eigenvalue weighted by Crippen LogP contribution is -2.48. The van der Waals surface area contributed by atoms with Gasteiger partial charge in [0.15, 0.2) is 0 Å². The number of nitrogens with zero attached hydrogens (tertiary/aromatic N) is 6. The topological polar surface area (TPSA) is 58.7 Å². The summed E-state index contributed by atoms with van der Waals surface area (Å²) < 4.78 is 3.94. The van der Waals surface area contributed by atoms with Crippen molar-refractivity contribution in [2.45, 2.75) is 13.1 Å². The minimum atomic E-state index is 0.0556. The van der Waals surface area contributed by atoms with Crippen LogP contribution < -0.4 is 0 Å². The van der Waals surface area contributed by atoms with Gasteiger partial charge in [-0.05, 0) is 29.1 Å². The van der Waals surface area contributed by atoms with Gasteiger partial charge >= 0.3 is 0 Å². The molecule has 7 nitrogen and oxygen atoms in total. The van der Waals surface area contributed by atoms with E-state index in [2.05, 4.69) is 23.2 Å². The maximum absolute atomic E-state index is 13.6. The van der Waals surface area contributed by atoms with E-state index in [1.54, 1.807) is 11.3 Å². The van der Waals surface area contributed by atoms with Crippen molar-refractivity contribution in [3.8, 4) is 10.6 Å². The number of thiophene rings is 1. The summed E-state index contributed by atoms with van der Waals surface area (Å²) in [6, 6.07) is 20.3. The molecule has 0 spiro atoms. The van der Waals surface area contributed by atoms with Gasteiger partial charge in [0.25, 0.3) is 5.91 Å². The van der Waals surface area contributed by atoms with Gasteiger partial charge in [0.05, 0.1) is 22.7 Å². The molecule has 6 rings (SSSR count). The van der Waals surface area contributed by atoms with Crippen LogP contribution >= 0.6 is 11.3 Å². The molecule has 1 saturated heterocycles. The van der Waals surface area contributed by atoms with Crippen molar-refractivity contribution >= 4 is 22.9 Å². The van der Waals surface area contributed by atoms with Crippen molar-refractivity contribution in [2.24, 2.45) is 0 Å². The Kier molecular flexibility index (Phi) is 5.89. The zero-order valence-electron chi connectivity index (χ0n) is 19.3. The highest BCUT2D eigenvalue weighted by Crippen LogP contribution is 2.28. The lowest BCUT2D eigenvalue weighted by Gasteiger charge is -2.34. The second-order valence-electron chi connectivity index (χ2n) is 8.82. The molecule has 8 heteroatoms. The highest BCUT2D eigenvalue weighted by molar-refractivity contribution is 7.13. The number of imidazole rings is 1. The first kappa shape index (κ1) is 21.8. The zero-order valence-corrected chi connectivity index (χ0v) is 20.1. The van der Waals surface area contributed by atoms with Gasteiger partial charge < -0.3 is 9.30 Å². The average molecular weight is 483 g/mol. The standard InChI is InChI=1S/C27H26N6OS/c34-27(31-14-12-30(13-15-31)18-22-19-32-11-5-4-10-25(32)28-22)23-20-33(17-21-7-2-1-3-8-21)29-26(23)24-9-6-16-35-24/h1-11,16,19-20H,12-15,17-18H2. The third kappa shape index (κ3) is 4.62. The van der Waals surface area contributed by atoms with Crippen molar-refractivity contribution in [1.82, 2.24) is 29.0 Å². The van der Waals surface area contributed by atoms with E-state index in [0.717, 1.165) is 47.1 Å². The largest absolute Gasteiger partial charge is 0.336 e. The van der Waals surface area contributed by atoms with Crippen LogP contribution in [0.15, 0.2) is 84.6 Å². The maximum Gasteiger partial charge on any atom is 0.257 e. The number of fused-ring (bicyclic) bond motifs is 1. The van der Waals surface area contributed by atoms with Gasteiger partial charge in [-0.2, -0.15) is 5.10 Å². The fraction of sp³-hybridized carbons (Fsp3) is 0.222. The second-order valence-corrected chi connectivity index (χ2v) is 9.77. The summed E-state index contributed by atoms with van der Waals surface area (Å²) in [5, 5.41) is 6.84. The highest BCUT2D eigenvalue weighted by atomic mass is 32.1. The third-order valence-corrected chi connectivity index (χ3v) is 7.27. The van der Waals surface area contributed by atoms with Gasteiger partial charge in [-0.3, -0.25) is 14.4 Å². The molecule has 176 valence electrons. The number of aromatic nitrogens is 4. The first-order valence-corrected chi connectivity index (χ1v) is 12.7. The Balaban J connectivity index is 1.16. The molecule has 0 N–H and O–H groups in total. The van der Waals surface area contributed by atoms with Crippen LogP contribution in [-0.2, 0) is 13.1 Å². The van der Waals surface area contributed by atoms with Crippen LogP contribution in [0.1, 0.15) is 21.6 Å². The normalized spacial score (nSPS) is 14.6. The minimum absolute atomic E-state index is 0.0556. The van der Waals surface area contributed by atoms with Crippen LogP contribution in [0.5, 0.6) is 0 Å². The molecule has 0 aliphatic carbocycles. The molecule has 0 bridgehead atoms. The summed E-state index contributed by atoms with van der Waals surface area (Å²) in [6.45, 7) is 4.47. The van der Waals surface area contributed by atoms with E-state index in [0.29, 0.717) is 25.2 Å². The molecule has 1 fully saturated rings. The molecule has 0 unspecified atom stereocenters. The van der Waals surface area contributed by atoms with Crippen molar-refractivity contribution in [3.05, 3.63) is 101 Å². The third-order valence-electron chi connectivity index (χ3n) is 6.39. The minimum Gasteiger partial charge on any atom is -0.336 e. The Hall–Kier alpha value is -3.75. The average Bonchev–Trinajstić information content (AvgIpc) is 3.64. The number of hydrogen-bond donors (Lipinski definition) is 0. The molecule has 0 radical (unpaired) electrons. The fourth-order valence-electron chi connectivity index (χ4n) is 4.60. The summed E-state index contributed by atoms with van der Waals surface area (Å²) in [6.07, 6.45) is 6.01. The predicted molar refractivity (Wildman–Crippen MR) is 137 cm³/mol. The van der Waals surface area contributed by atoms with Crippen molar-refractivity contribution in [2.75, 3.05) is 26.2 Å². The smallest absolute Gasteiger partial charge is 0.257 e. The first-order valence-electron chi connectivity index (χ1n) is 11.8. The predicted octanol–water partition coefficient (Wildman–Crippen LogP) is 4.27. The highest BCUT2D eigenvalue weighted by Gasteiger charge is 2.27. The van der Waals surface area contributed by atoms with Crippen molar-refractivity contribution < 1.29 is 4.79 Å². The number of rotatable bonds is 6. The number of carbonyl (C=O) groups excluding carboxylic acids is 1. The Bertz CT molecular complexity index is 1400. The summed E-state index contributed by atoms with van der Waals surface area (Å²) in [5.74, 6) is 0.0556. The number of hydrogen-bond acceptors (Lipinski definition) is 5. The number of benzene rings is 1. The van der Waals surface area contributed by atoms with E-state index in [1.807, 2.05) is 80.3 Å². The Morgan fingerprint density at radius 3 is 2.49 bits per heavy atom. The van der Waals surface area contributed by atoms with Crippen molar-refractivity contribution in [3.63, 3.8) is 0 Å². The fourth-order valence-corrected chi connectivity index (χ4v) is 5.32. The van der Waals surface area contributed by atoms with E-state index in [9.17, 15) is 4.79 Å². The number of pyridine rings is 1. The van der Waals surface area contributed by atoms with Gasteiger partial charge in [0, 0.05) is 51.3 Å². The first-order chi connectivity index (χ1) is 17.2. The second kappa shape index (κ2) is 9.48. The Morgan fingerprint density at radius 1 is 0.886 bits per heavy atom. The monoisotopic (exact) mass is 482 g/mol. The Labute approximate surface area is 207 Å². The van der Waals surface area contributed by atoms with E-state index >= 15 is 0 Å². The maximum atomic E-state index is 13.6. The van der Waals surface area contributed by atoms with Crippen LogP contribution in [0.25, 0.3) is 16.2 Å². The van der Waals surface area contributed by atoms with Crippen LogP contribution in [0.2, 0.25) is 0 Å². The van der Waals surface area contributed by atoms with Gasteiger partial charge in [0.1, 0.15) is 11.3 Å². The van der Waals surface area contributed by atoms with Gasteiger partial charge in [-0.25, -0.2) is 4.98 Å². The lowest BCUT2D eigenvalue weighted by atomic mass is 10.1. The summed E-state index contributed by atoms with van der Waals surface area (Å²) in [5.41, 5.74) is 4.63. The molecule has 4 aromatic heterocycles. The SMILES string of the molecule is O=C(c1cn(Cc2ccccc2)nc1-c1cccs1)N1CCN(Cc2cn3ccccc3n2)CC1. The summed E-state index contributed by atoms with van der Waals surface area (Å²) in [4.78, 5) is 23.7. The lowest BCUT2D eigenvalue weighted by molar-refractivity contribution is 0.0628. The van der Waals surface area contributed by atoms with E-state index in [1.165, 1.54) is 0 Å². The van der Waals surface area contributed by atoms with Crippen LogP contribution in [0, 0.1) is 0 Å². The van der Waals surface area contributed by atoms with Gasteiger partial charge in [-0.15, -0.1) is 11.3 Å². The van der Waals surface area contributed by atoms with Gasteiger partial charge in [-0.1, -0.05) is 42.5 Å². The molecule has 1 aliphatic heterocycles. The summed E-state index contributed by atoms with van der Waals surface area (Å²) >= 11 is 1.61.